The fourth-order valence-corrected chi connectivity index (χ4v) is 3.10. The van der Waals surface area contributed by atoms with Crippen LogP contribution in [0.5, 0.6) is 5.88 Å². The highest BCUT2D eigenvalue weighted by atomic mass is 16.5. The fourth-order valence-electron chi connectivity index (χ4n) is 3.10. The monoisotopic (exact) mass is 427 g/mol. The summed E-state index contributed by atoms with van der Waals surface area (Å²) >= 11 is 0. The average molecular weight is 427 g/mol. The first kappa shape index (κ1) is 19.3. The first-order chi connectivity index (χ1) is 15.8. The summed E-state index contributed by atoms with van der Waals surface area (Å²) in [5.41, 5.74) is 2.70. The van der Waals surface area contributed by atoms with Crippen LogP contribution >= 0.6 is 0 Å². The molecule has 0 saturated carbocycles. The van der Waals surface area contributed by atoms with Crippen LogP contribution in [0.15, 0.2) is 73.6 Å². The number of pyridine rings is 1. The zero-order chi connectivity index (χ0) is 21.8. The summed E-state index contributed by atoms with van der Waals surface area (Å²) in [5, 5.41) is 15.9. The van der Waals surface area contributed by atoms with Gasteiger partial charge in [0.25, 0.3) is 0 Å². The smallest absolute Gasteiger partial charge is 0.246 e. The van der Waals surface area contributed by atoms with Gasteiger partial charge in [-0.1, -0.05) is 23.4 Å². The Bertz CT molecular complexity index is 1350. The van der Waals surface area contributed by atoms with Crippen LogP contribution in [0.1, 0.15) is 5.69 Å². The Morgan fingerprint density at radius 1 is 1.06 bits per heavy atom. The number of nitrogens with one attached hydrogen (secondary N) is 1. The van der Waals surface area contributed by atoms with Crippen molar-refractivity contribution in [2.45, 2.75) is 13.2 Å². The molecule has 0 aliphatic heterocycles. The second-order valence-corrected chi connectivity index (χ2v) is 6.79. The van der Waals surface area contributed by atoms with E-state index in [0.29, 0.717) is 28.3 Å². The molecule has 0 fully saturated rings. The van der Waals surface area contributed by atoms with Crippen molar-refractivity contribution >= 4 is 22.6 Å². The molecule has 0 atom stereocenters. The van der Waals surface area contributed by atoms with Gasteiger partial charge in [-0.3, -0.25) is 9.78 Å². The van der Waals surface area contributed by atoms with Gasteiger partial charge in [0, 0.05) is 6.20 Å². The van der Waals surface area contributed by atoms with E-state index in [1.807, 2.05) is 30.3 Å². The van der Waals surface area contributed by atoms with E-state index in [2.05, 4.69) is 35.7 Å². The lowest BCUT2D eigenvalue weighted by Crippen LogP contribution is -2.19. The molecule has 1 aromatic carbocycles. The van der Waals surface area contributed by atoms with Gasteiger partial charge in [0.05, 0.1) is 30.0 Å². The number of para-hydroxylation sites is 1. The van der Waals surface area contributed by atoms with Gasteiger partial charge in [-0.15, -0.1) is 5.10 Å². The van der Waals surface area contributed by atoms with Crippen molar-refractivity contribution in [3.05, 3.63) is 79.3 Å². The summed E-state index contributed by atoms with van der Waals surface area (Å²) in [6.45, 7) is 0.149. The van der Waals surface area contributed by atoms with Crippen molar-refractivity contribution in [2.24, 2.45) is 0 Å². The minimum atomic E-state index is -0.235. The number of anilines is 1. The highest BCUT2D eigenvalue weighted by Crippen LogP contribution is 2.23. The number of hydrogen-bond acceptors (Lipinski definition) is 8. The maximum Gasteiger partial charge on any atom is 0.246 e. The molecule has 32 heavy (non-hydrogen) atoms. The van der Waals surface area contributed by atoms with Crippen molar-refractivity contribution < 1.29 is 9.53 Å². The zero-order valence-electron chi connectivity index (χ0n) is 16.7. The molecule has 4 heterocycles. The Labute approximate surface area is 181 Å². The number of aromatic nitrogens is 8. The van der Waals surface area contributed by atoms with Crippen molar-refractivity contribution in [3.63, 3.8) is 0 Å². The minimum absolute atomic E-state index is 0.0174. The van der Waals surface area contributed by atoms with Crippen molar-refractivity contribution in [1.29, 1.82) is 0 Å². The third-order valence-electron chi connectivity index (χ3n) is 4.52. The third kappa shape index (κ3) is 4.12. The maximum absolute atomic E-state index is 12.2. The van der Waals surface area contributed by atoms with Gasteiger partial charge in [-0.05, 0) is 24.3 Å². The molecule has 0 spiro atoms. The van der Waals surface area contributed by atoms with Gasteiger partial charge in [0.1, 0.15) is 30.6 Å². The van der Waals surface area contributed by atoms with E-state index in [1.165, 1.54) is 11.0 Å². The first-order valence-corrected chi connectivity index (χ1v) is 9.72. The van der Waals surface area contributed by atoms with E-state index in [1.54, 1.807) is 41.6 Å². The molecule has 0 saturated heterocycles. The molecule has 5 aromatic rings. The van der Waals surface area contributed by atoms with Crippen LogP contribution in [0.25, 0.3) is 16.7 Å². The minimum Gasteiger partial charge on any atom is -0.470 e. The molecule has 11 heteroatoms. The second kappa shape index (κ2) is 8.60. The molecule has 0 unspecified atom stereocenters. The molecule has 0 aliphatic rings. The number of carbonyl (C=O) groups excluding carboxylic acids is 1. The Morgan fingerprint density at radius 3 is 2.81 bits per heavy atom. The lowest BCUT2D eigenvalue weighted by Gasteiger charge is -2.05. The average Bonchev–Trinajstić information content (AvgIpc) is 3.46. The number of hydrogen-bond donors (Lipinski definition) is 1. The van der Waals surface area contributed by atoms with Gasteiger partial charge in [-0.25, -0.2) is 19.3 Å². The second-order valence-electron chi connectivity index (χ2n) is 6.79. The maximum atomic E-state index is 12.2. The van der Waals surface area contributed by atoms with Gasteiger partial charge in [0.2, 0.25) is 11.8 Å². The quantitative estimate of drug-likeness (QED) is 0.418. The zero-order valence-corrected chi connectivity index (χ0v) is 16.7. The van der Waals surface area contributed by atoms with Crippen LogP contribution < -0.4 is 10.1 Å². The number of benzene rings is 1. The van der Waals surface area contributed by atoms with Gasteiger partial charge in [-0.2, -0.15) is 5.10 Å². The van der Waals surface area contributed by atoms with E-state index < -0.39 is 0 Å². The van der Waals surface area contributed by atoms with E-state index in [9.17, 15) is 4.79 Å². The molecule has 1 amide bonds. The number of fused-ring (bicyclic) bond motifs is 1. The molecule has 0 bridgehead atoms. The van der Waals surface area contributed by atoms with Gasteiger partial charge >= 0.3 is 0 Å². The molecular formula is C21H17N9O2. The molecule has 0 aliphatic carbocycles. The fraction of sp³-hybridized carbons (Fsp3) is 0.0952. The molecule has 11 nitrogen and oxygen atoms in total. The Morgan fingerprint density at radius 2 is 1.97 bits per heavy atom. The Hall–Kier alpha value is -4.67. The van der Waals surface area contributed by atoms with Crippen LogP contribution in [-0.4, -0.2) is 45.6 Å². The SMILES string of the molecule is O=C(Cn1cc(COc2ncnc3c2cnn3-c2ccccc2)nn1)Nc1cccnc1. The van der Waals surface area contributed by atoms with Crippen molar-refractivity contribution in [3.8, 4) is 11.6 Å². The molecule has 5 rings (SSSR count). The normalized spacial score (nSPS) is 10.9. The molecular weight excluding hydrogens is 410 g/mol. The predicted octanol–water partition coefficient (Wildman–Crippen LogP) is 2.02. The first-order valence-electron chi connectivity index (χ1n) is 9.72. The largest absolute Gasteiger partial charge is 0.470 e. The number of carbonyl (C=O) groups is 1. The lowest BCUT2D eigenvalue weighted by atomic mass is 10.3. The van der Waals surface area contributed by atoms with Crippen molar-refractivity contribution in [2.75, 3.05) is 5.32 Å². The summed E-state index contributed by atoms with van der Waals surface area (Å²) < 4.78 is 9.00. The molecule has 1 N–H and O–H groups in total. The van der Waals surface area contributed by atoms with Crippen LogP contribution in [-0.2, 0) is 17.9 Å². The van der Waals surface area contributed by atoms with Crippen LogP contribution in [0.3, 0.4) is 0 Å². The Kier molecular flexibility index (Phi) is 5.19. The topological polar surface area (TPSA) is 126 Å². The van der Waals surface area contributed by atoms with Gasteiger partial charge in [0.15, 0.2) is 5.65 Å². The van der Waals surface area contributed by atoms with E-state index in [4.69, 9.17) is 4.74 Å². The highest BCUT2D eigenvalue weighted by Gasteiger charge is 2.13. The number of rotatable bonds is 7. The van der Waals surface area contributed by atoms with Crippen LogP contribution in [0.2, 0.25) is 0 Å². The van der Waals surface area contributed by atoms with Crippen LogP contribution in [0, 0.1) is 0 Å². The van der Waals surface area contributed by atoms with Crippen molar-refractivity contribution in [1.82, 2.24) is 39.7 Å². The predicted molar refractivity (Wildman–Crippen MR) is 114 cm³/mol. The third-order valence-corrected chi connectivity index (χ3v) is 4.52. The van der Waals surface area contributed by atoms with Gasteiger partial charge < -0.3 is 10.1 Å². The number of ether oxygens (including phenoxy) is 1. The number of amides is 1. The molecule has 158 valence electrons. The summed E-state index contributed by atoms with van der Waals surface area (Å²) in [6, 6.07) is 13.2. The van der Waals surface area contributed by atoms with E-state index in [0.717, 1.165) is 5.69 Å². The molecule has 0 radical (unpaired) electrons. The number of nitrogens with zero attached hydrogens (tertiary/aromatic N) is 8. The van der Waals surface area contributed by atoms with E-state index in [-0.39, 0.29) is 19.1 Å². The summed E-state index contributed by atoms with van der Waals surface area (Å²) in [4.78, 5) is 24.7. The summed E-state index contributed by atoms with van der Waals surface area (Å²) in [7, 11) is 0. The molecule has 4 aromatic heterocycles. The van der Waals surface area contributed by atoms with Crippen LogP contribution in [0.4, 0.5) is 5.69 Å². The standard InChI is InChI=1S/C21H17N9O2/c31-19(26-15-5-4-8-22-9-15)12-29-11-16(27-28-29)13-32-21-18-10-25-30(20(18)23-14-24-21)17-6-2-1-3-7-17/h1-11,14H,12-13H2,(H,26,31). The summed E-state index contributed by atoms with van der Waals surface area (Å²) in [6.07, 6.45) is 7.95. The lowest BCUT2D eigenvalue weighted by molar-refractivity contribution is -0.116. The Balaban J connectivity index is 1.25. The van der Waals surface area contributed by atoms with E-state index >= 15 is 0 Å². The highest BCUT2D eigenvalue weighted by molar-refractivity contribution is 5.90. The summed E-state index contributed by atoms with van der Waals surface area (Å²) in [5.74, 6) is 0.155.